The number of halogens is 1. The van der Waals surface area contributed by atoms with E-state index >= 15 is 0 Å². The van der Waals surface area contributed by atoms with Crippen LogP contribution in [0.4, 0.5) is 0 Å². The predicted molar refractivity (Wildman–Crippen MR) is 40.8 cm³/mol. The second-order valence-electron chi connectivity index (χ2n) is 2.00. The SMILES string of the molecule is CC(C)CCSBr. The summed E-state index contributed by atoms with van der Waals surface area (Å²) in [5.74, 6) is 2.09. The van der Waals surface area contributed by atoms with Crippen LogP contribution in [-0.2, 0) is 0 Å². The van der Waals surface area contributed by atoms with Gasteiger partial charge in [-0.3, -0.25) is 0 Å². The summed E-state index contributed by atoms with van der Waals surface area (Å²) in [5, 5.41) is 0. The maximum Gasteiger partial charge on any atom is 0.00449 e. The van der Waals surface area contributed by atoms with Crippen LogP contribution in [0.2, 0.25) is 0 Å². The van der Waals surface area contributed by atoms with Gasteiger partial charge in [-0.15, -0.1) is 0 Å². The molecule has 0 aliphatic rings. The van der Waals surface area contributed by atoms with Gasteiger partial charge >= 0.3 is 0 Å². The first-order valence-corrected chi connectivity index (χ1v) is 5.33. The van der Waals surface area contributed by atoms with Crippen LogP contribution < -0.4 is 0 Å². The average molecular weight is 183 g/mol. The van der Waals surface area contributed by atoms with Gasteiger partial charge in [-0.25, -0.2) is 0 Å². The monoisotopic (exact) mass is 182 g/mol. The van der Waals surface area contributed by atoms with Crippen LogP contribution in [0.3, 0.4) is 0 Å². The summed E-state index contributed by atoms with van der Waals surface area (Å²) in [6.45, 7) is 4.48. The molecule has 0 bridgehead atoms. The standard InChI is InChI=1S/C5H11BrS/c1-5(2)3-4-7-6/h5H,3-4H2,1-2H3. The molecule has 0 aliphatic heterocycles. The Kier molecular flexibility index (Phi) is 5.57. The second kappa shape index (κ2) is 4.98. The van der Waals surface area contributed by atoms with Crippen molar-refractivity contribution in [2.75, 3.05) is 5.75 Å². The Morgan fingerprint density at radius 2 is 2.14 bits per heavy atom. The highest BCUT2D eigenvalue weighted by molar-refractivity contribution is 9.50. The highest BCUT2D eigenvalue weighted by Gasteiger charge is 1.89. The number of hydrogen-bond donors (Lipinski definition) is 0. The van der Waals surface area contributed by atoms with Gasteiger partial charge in [0.05, 0.1) is 0 Å². The lowest BCUT2D eigenvalue weighted by Crippen LogP contribution is -1.86. The first-order valence-electron chi connectivity index (χ1n) is 2.51. The average Bonchev–Trinajstić information content (AvgIpc) is 1.61. The molecule has 0 spiro atoms. The molecule has 0 aromatic carbocycles. The quantitative estimate of drug-likeness (QED) is 0.647. The zero-order chi connectivity index (χ0) is 5.70. The molecule has 44 valence electrons. The molecule has 0 fully saturated rings. The Morgan fingerprint density at radius 1 is 1.57 bits per heavy atom. The van der Waals surface area contributed by atoms with E-state index in [2.05, 4.69) is 28.7 Å². The van der Waals surface area contributed by atoms with Crippen LogP contribution in [0.25, 0.3) is 0 Å². The van der Waals surface area contributed by atoms with Crippen molar-refractivity contribution in [1.29, 1.82) is 0 Å². The number of hydrogen-bond acceptors (Lipinski definition) is 1. The van der Waals surface area contributed by atoms with Crippen molar-refractivity contribution in [2.24, 2.45) is 5.92 Å². The molecular formula is C5H11BrS. The van der Waals surface area contributed by atoms with Gasteiger partial charge < -0.3 is 0 Å². The van der Waals surface area contributed by atoms with Crippen LogP contribution in [0.15, 0.2) is 0 Å². The molecule has 0 heterocycles. The van der Waals surface area contributed by atoms with Crippen molar-refractivity contribution in [3.05, 3.63) is 0 Å². The molecule has 0 saturated heterocycles. The lowest BCUT2D eigenvalue weighted by Gasteiger charge is -1.97. The minimum Gasteiger partial charge on any atom is -0.0835 e. The zero-order valence-electron chi connectivity index (χ0n) is 4.78. The smallest absolute Gasteiger partial charge is 0.00449 e. The van der Waals surface area contributed by atoms with Gasteiger partial charge in [0, 0.05) is 5.75 Å². The van der Waals surface area contributed by atoms with Crippen LogP contribution in [0, 0.1) is 5.92 Å². The van der Waals surface area contributed by atoms with E-state index in [4.69, 9.17) is 0 Å². The molecule has 0 nitrogen and oxygen atoms in total. The van der Waals surface area contributed by atoms with Crippen LogP contribution >= 0.6 is 25.0 Å². The molecule has 0 unspecified atom stereocenters. The molecule has 0 aromatic heterocycles. The summed E-state index contributed by atoms with van der Waals surface area (Å²) < 4.78 is 0. The lowest BCUT2D eigenvalue weighted by molar-refractivity contribution is 0.633. The molecule has 0 aromatic rings. The first-order chi connectivity index (χ1) is 3.27. The van der Waals surface area contributed by atoms with E-state index in [-0.39, 0.29) is 0 Å². The molecule has 0 aliphatic carbocycles. The van der Waals surface area contributed by atoms with E-state index in [1.807, 2.05) is 0 Å². The van der Waals surface area contributed by atoms with Crippen LogP contribution in [0.5, 0.6) is 0 Å². The summed E-state index contributed by atoms with van der Waals surface area (Å²) in [7, 11) is 1.74. The van der Waals surface area contributed by atoms with Gasteiger partial charge in [0.25, 0.3) is 0 Å². The summed E-state index contributed by atoms with van der Waals surface area (Å²) in [6, 6.07) is 0. The third-order valence-corrected chi connectivity index (χ3v) is 2.13. The lowest BCUT2D eigenvalue weighted by atomic mass is 10.2. The Balaban J connectivity index is 2.68. The Morgan fingerprint density at radius 3 is 2.29 bits per heavy atom. The predicted octanol–water partition coefficient (Wildman–Crippen LogP) is 3.08. The van der Waals surface area contributed by atoms with Crippen molar-refractivity contribution in [2.45, 2.75) is 20.3 Å². The largest absolute Gasteiger partial charge is 0.0835 e. The van der Waals surface area contributed by atoms with E-state index in [1.54, 1.807) is 10.2 Å². The molecular weight excluding hydrogens is 172 g/mol. The third kappa shape index (κ3) is 6.83. The van der Waals surface area contributed by atoms with Gasteiger partial charge in [-0.05, 0) is 27.2 Å². The molecule has 7 heavy (non-hydrogen) atoms. The van der Waals surface area contributed by atoms with E-state index < -0.39 is 0 Å². The fraction of sp³-hybridized carbons (Fsp3) is 1.00. The highest BCUT2D eigenvalue weighted by Crippen LogP contribution is 2.13. The van der Waals surface area contributed by atoms with Crippen LogP contribution in [-0.4, -0.2) is 5.75 Å². The summed E-state index contributed by atoms with van der Waals surface area (Å²) in [4.78, 5) is 0. The van der Waals surface area contributed by atoms with Crippen LogP contribution in [0.1, 0.15) is 20.3 Å². The fourth-order valence-electron chi connectivity index (χ4n) is 0.280. The number of rotatable bonds is 3. The minimum absolute atomic E-state index is 0.852. The highest BCUT2D eigenvalue weighted by atomic mass is 79.9. The van der Waals surface area contributed by atoms with Crippen molar-refractivity contribution < 1.29 is 0 Å². The molecule has 0 N–H and O–H groups in total. The fourth-order valence-corrected chi connectivity index (χ4v) is 1.40. The molecule has 0 rings (SSSR count). The van der Waals surface area contributed by atoms with E-state index in [1.165, 1.54) is 12.2 Å². The molecule has 0 radical (unpaired) electrons. The Labute approximate surface area is 57.3 Å². The minimum atomic E-state index is 0.852. The van der Waals surface area contributed by atoms with E-state index in [0.29, 0.717) is 0 Å². The Bertz CT molecular complexity index is 37.1. The second-order valence-corrected chi connectivity index (χ2v) is 4.00. The van der Waals surface area contributed by atoms with Crippen molar-refractivity contribution in [3.63, 3.8) is 0 Å². The van der Waals surface area contributed by atoms with Gasteiger partial charge in [-0.2, -0.15) is 0 Å². The summed E-state index contributed by atoms with van der Waals surface area (Å²) >= 11 is 3.29. The first kappa shape index (κ1) is 7.83. The Hall–Kier alpha value is 0.830. The van der Waals surface area contributed by atoms with Crippen molar-refractivity contribution in [3.8, 4) is 0 Å². The molecule has 0 amide bonds. The molecule has 0 saturated carbocycles. The van der Waals surface area contributed by atoms with Gasteiger partial charge in [-0.1, -0.05) is 24.0 Å². The van der Waals surface area contributed by atoms with Gasteiger partial charge in [0.2, 0.25) is 0 Å². The topological polar surface area (TPSA) is 0 Å². The van der Waals surface area contributed by atoms with E-state index in [0.717, 1.165) is 5.92 Å². The normalized spacial score (nSPS) is 10.3. The third-order valence-electron chi connectivity index (χ3n) is 0.772. The van der Waals surface area contributed by atoms with E-state index in [9.17, 15) is 0 Å². The van der Waals surface area contributed by atoms with Crippen molar-refractivity contribution in [1.82, 2.24) is 0 Å². The molecule has 2 heteroatoms. The van der Waals surface area contributed by atoms with Crippen molar-refractivity contribution >= 4 is 25.0 Å². The van der Waals surface area contributed by atoms with Gasteiger partial charge in [0.1, 0.15) is 0 Å². The summed E-state index contributed by atoms with van der Waals surface area (Å²) in [6.07, 6.45) is 1.32. The summed E-state index contributed by atoms with van der Waals surface area (Å²) in [5.41, 5.74) is 0. The maximum atomic E-state index is 3.29. The molecule has 0 atom stereocenters. The maximum absolute atomic E-state index is 3.29. The van der Waals surface area contributed by atoms with Gasteiger partial charge in [0.15, 0.2) is 0 Å². The zero-order valence-corrected chi connectivity index (χ0v) is 7.18.